The van der Waals surface area contributed by atoms with Crippen LogP contribution in [0.1, 0.15) is 44.4 Å². The van der Waals surface area contributed by atoms with Gasteiger partial charge in [-0.1, -0.05) is 17.7 Å². The van der Waals surface area contributed by atoms with Crippen LogP contribution in [0.4, 0.5) is 10.5 Å². The Balaban J connectivity index is 2.31. The van der Waals surface area contributed by atoms with Crippen LogP contribution in [-0.4, -0.2) is 18.2 Å². The lowest BCUT2D eigenvalue weighted by atomic mass is 9.96. The molecule has 4 heteroatoms. The SMILES string of the molecule is Cc1ccc2c(c1)C(N)CCN2C(=O)OC(C)(C)C. The number of amides is 1. The third-order valence-electron chi connectivity index (χ3n) is 3.15. The van der Waals surface area contributed by atoms with Gasteiger partial charge < -0.3 is 10.5 Å². The van der Waals surface area contributed by atoms with E-state index in [9.17, 15) is 4.79 Å². The molecule has 0 fully saturated rings. The number of nitrogens with two attached hydrogens (primary N) is 1. The highest BCUT2D eigenvalue weighted by molar-refractivity contribution is 5.89. The Kier molecular flexibility index (Phi) is 3.54. The van der Waals surface area contributed by atoms with Crippen LogP contribution < -0.4 is 10.6 Å². The van der Waals surface area contributed by atoms with Crippen molar-refractivity contribution >= 4 is 11.8 Å². The number of rotatable bonds is 0. The zero-order valence-electron chi connectivity index (χ0n) is 12.1. The summed E-state index contributed by atoms with van der Waals surface area (Å²) in [5.74, 6) is 0. The molecule has 1 aliphatic heterocycles. The number of benzene rings is 1. The van der Waals surface area contributed by atoms with Crippen molar-refractivity contribution in [2.75, 3.05) is 11.4 Å². The molecular weight excluding hydrogens is 240 g/mol. The van der Waals surface area contributed by atoms with Gasteiger partial charge in [-0.3, -0.25) is 4.90 Å². The molecular formula is C15H22N2O2. The van der Waals surface area contributed by atoms with E-state index in [0.717, 1.165) is 23.2 Å². The van der Waals surface area contributed by atoms with Gasteiger partial charge in [-0.15, -0.1) is 0 Å². The minimum Gasteiger partial charge on any atom is -0.443 e. The fraction of sp³-hybridized carbons (Fsp3) is 0.533. The van der Waals surface area contributed by atoms with Crippen molar-refractivity contribution in [2.24, 2.45) is 5.73 Å². The first-order valence-corrected chi connectivity index (χ1v) is 6.64. The summed E-state index contributed by atoms with van der Waals surface area (Å²) in [4.78, 5) is 13.9. The Labute approximate surface area is 114 Å². The topological polar surface area (TPSA) is 55.6 Å². The minimum atomic E-state index is -0.485. The third-order valence-corrected chi connectivity index (χ3v) is 3.15. The number of carbonyl (C=O) groups excluding carboxylic acids is 1. The highest BCUT2D eigenvalue weighted by Crippen LogP contribution is 2.33. The normalized spacial score (nSPS) is 19.0. The van der Waals surface area contributed by atoms with Gasteiger partial charge in [0.1, 0.15) is 5.60 Å². The smallest absolute Gasteiger partial charge is 0.414 e. The molecule has 0 saturated carbocycles. The summed E-state index contributed by atoms with van der Waals surface area (Å²) in [6.45, 7) is 8.25. The number of carbonyl (C=O) groups is 1. The van der Waals surface area contributed by atoms with Crippen LogP contribution >= 0.6 is 0 Å². The molecule has 1 amide bonds. The predicted octanol–water partition coefficient (Wildman–Crippen LogP) is 3.14. The zero-order chi connectivity index (χ0) is 14.2. The largest absolute Gasteiger partial charge is 0.443 e. The average molecular weight is 262 g/mol. The van der Waals surface area contributed by atoms with Gasteiger partial charge in [0.15, 0.2) is 0 Å². The van der Waals surface area contributed by atoms with Gasteiger partial charge >= 0.3 is 6.09 Å². The van der Waals surface area contributed by atoms with E-state index < -0.39 is 5.60 Å². The summed E-state index contributed by atoms with van der Waals surface area (Å²) >= 11 is 0. The van der Waals surface area contributed by atoms with E-state index in [1.807, 2.05) is 39.8 Å². The molecule has 0 saturated heterocycles. The number of hydrogen-bond acceptors (Lipinski definition) is 3. The molecule has 0 aromatic heterocycles. The lowest BCUT2D eigenvalue weighted by Gasteiger charge is -2.34. The summed E-state index contributed by atoms with van der Waals surface area (Å²) in [5, 5.41) is 0. The van der Waals surface area contributed by atoms with E-state index in [0.29, 0.717) is 6.54 Å². The molecule has 0 spiro atoms. The van der Waals surface area contributed by atoms with Crippen LogP contribution in [-0.2, 0) is 4.74 Å². The number of anilines is 1. The zero-order valence-corrected chi connectivity index (χ0v) is 12.1. The summed E-state index contributed by atoms with van der Waals surface area (Å²) in [6, 6.07) is 5.99. The molecule has 19 heavy (non-hydrogen) atoms. The monoisotopic (exact) mass is 262 g/mol. The van der Waals surface area contributed by atoms with Gasteiger partial charge in [0.25, 0.3) is 0 Å². The maximum Gasteiger partial charge on any atom is 0.414 e. The molecule has 1 heterocycles. The van der Waals surface area contributed by atoms with Crippen LogP contribution in [0.5, 0.6) is 0 Å². The highest BCUT2D eigenvalue weighted by Gasteiger charge is 2.30. The minimum absolute atomic E-state index is 0.00594. The Bertz CT molecular complexity index is 491. The fourth-order valence-corrected chi connectivity index (χ4v) is 2.27. The lowest BCUT2D eigenvalue weighted by Crippen LogP contribution is -2.41. The summed E-state index contributed by atoms with van der Waals surface area (Å²) in [7, 11) is 0. The maximum absolute atomic E-state index is 12.2. The van der Waals surface area contributed by atoms with Crippen molar-refractivity contribution in [1.82, 2.24) is 0 Å². The number of aryl methyl sites for hydroxylation is 1. The molecule has 2 N–H and O–H groups in total. The summed E-state index contributed by atoms with van der Waals surface area (Å²) in [6.07, 6.45) is 0.458. The highest BCUT2D eigenvalue weighted by atomic mass is 16.6. The Morgan fingerprint density at radius 1 is 1.42 bits per heavy atom. The Morgan fingerprint density at radius 3 is 2.74 bits per heavy atom. The van der Waals surface area contributed by atoms with Crippen LogP contribution in [0.25, 0.3) is 0 Å². The maximum atomic E-state index is 12.2. The van der Waals surface area contributed by atoms with Crippen molar-refractivity contribution < 1.29 is 9.53 Å². The van der Waals surface area contributed by atoms with Crippen LogP contribution in [0.3, 0.4) is 0 Å². The van der Waals surface area contributed by atoms with Gasteiger partial charge in [0.05, 0.1) is 5.69 Å². The second kappa shape index (κ2) is 4.85. The molecule has 1 aromatic carbocycles. The molecule has 4 nitrogen and oxygen atoms in total. The predicted molar refractivity (Wildman–Crippen MR) is 76.3 cm³/mol. The second-order valence-electron chi connectivity index (χ2n) is 6.09. The van der Waals surface area contributed by atoms with E-state index in [4.69, 9.17) is 10.5 Å². The van der Waals surface area contributed by atoms with Gasteiger partial charge in [-0.25, -0.2) is 4.79 Å². The molecule has 0 bridgehead atoms. The lowest BCUT2D eigenvalue weighted by molar-refractivity contribution is 0.0576. The van der Waals surface area contributed by atoms with Crippen molar-refractivity contribution in [3.05, 3.63) is 29.3 Å². The Morgan fingerprint density at radius 2 is 2.11 bits per heavy atom. The first-order valence-electron chi connectivity index (χ1n) is 6.64. The van der Waals surface area contributed by atoms with Crippen molar-refractivity contribution in [3.8, 4) is 0 Å². The van der Waals surface area contributed by atoms with Gasteiger partial charge in [-0.2, -0.15) is 0 Å². The Hall–Kier alpha value is -1.55. The third kappa shape index (κ3) is 3.07. The quantitative estimate of drug-likeness (QED) is 0.781. The molecule has 1 aromatic rings. The number of ether oxygens (including phenoxy) is 1. The van der Waals surface area contributed by atoms with Crippen molar-refractivity contribution in [2.45, 2.75) is 45.8 Å². The van der Waals surface area contributed by atoms with Gasteiger partial charge in [0, 0.05) is 12.6 Å². The van der Waals surface area contributed by atoms with Crippen molar-refractivity contribution in [1.29, 1.82) is 0 Å². The average Bonchev–Trinajstić information content (AvgIpc) is 2.27. The van der Waals surface area contributed by atoms with E-state index >= 15 is 0 Å². The van der Waals surface area contributed by atoms with Gasteiger partial charge in [-0.05, 0) is 45.7 Å². The molecule has 0 radical (unpaired) electrons. The summed E-state index contributed by atoms with van der Waals surface area (Å²) < 4.78 is 5.45. The first kappa shape index (κ1) is 13.9. The molecule has 2 rings (SSSR count). The van der Waals surface area contributed by atoms with E-state index in [1.165, 1.54) is 0 Å². The molecule has 1 unspecified atom stereocenters. The van der Waals surface area contributed by atoms with E-state index in [-0.39, 0.29) is 12.1 Å². The molecule has 0 aliphatic carbocycles. The molecule has 104 valence electrons. The fourth-order valence-electron chi connectivity index (χ4n) is 2.27. The van der Waals surface area contributed by atoms with E-state index in [1.54, 1.807) is 4.90 Å². The molecule has 1 aliphatic rings. The summed E-state index contributed by atoms with van der Waals surface area (Å²) in [5.41, 5.74) is 8.69. The second-order valence-corrected chi connectivity index (χ2v) is 6.09. The van der Waals surface area contributed by atoms with E-state index in [2.05, 4.69) is 6.07 Å². The van der Waals surface area contributed by atoms with Gasteiger partial charge in [0.2, 0.25) is 0 Å². The number of nitrogens with zero attached hydrogens (tertiary/aromatic N) is 1. The number of fused-ring (bicyclic) bond motifs is 1. The van der Waals surface area contributed by atoms with Crippen LogP contribution in [0.15, 0.2) is 18.2 Å². The standard InChI is InChI=1S/C15H22N2O2/c1-10-5-6-13-11(9-10)12(16)7-8-17(13)14(18)19-15(2,3)4/h5-6,9,12H,7-8,16H2,1-4H3. The first-order chi connectivity index (χ1) is 8.78. The van der Waals surface area contributed by atoms with Crippen molar-refractivity contribution in [3.63, 3.8) is 0 Å². The number of hydrogen-bond donors (Lipinski definition) is 1. The van der Waals surface area contributed by atoms with Crippen LogP contribution in [0, 0.1) is 6.92 Å². The van der Waals surface area contributed by atoms with Crippen LogP contribution in [0.2, 0.25) is 0 Å². The molecule has 1 atom stereocenters.